The predicted octanol–water partition coefficient (Wildman–Crippen LogP) is 2.01. The fourth-order valence-electron chi connectivity index (χ4n) is 4.39. The molecule has 8 heteroatoms. The maximum atomic E-state index is 13.2. The van der Waals surface area contributed by atoms with E-state index in [0.29, 0.717) is 25.2 Å². The van der Waals surface area contributed by atoms with Crippen LogP contribution in [-0.4, -0.2) is 70.2 Å². The number of amides is 2. The van der Waals surface area contributed by atoms with Crippen LogP contribution in [0.2, 0.25) is 0 Å². The maximum absolute atomic E-state index is 13.2. The lowest BCUT2D eigenvalue weighted by Gasteiger charge is -2.41. The van der Waals surface area contributed by atoms with Gasteiger partial charge in [-0.3, -0.25) is 14.3 Å². The van der Waals surface area contributed by atoms with Gasteiger partial charge in [-0.05, 0) is 50.5 Å². The van der Waals surface area contributed by atoms with Gasteiger partial charge in [0.2, 0.25) is 5.91 Å². The average molecular weight is 432 g/mol. The van der Waals surface area contributed by atoms with Gasteiger partial charge >= 0.3 is 0 Å². The molecule has 2 amide bonds. The fraction of sp³-hybridized carbons (Fsp3) is 0.500. The number of hydrogen-bond donors (Lipinski definition) is 1. The van der Waals surface area contributed by atoms with E-state index in [-0.39, 0.29) is 30.3 Å². The molecule has 1 aromatic heterocycles. The van der Waals surface area contributed by atoms with Crippen LogP contribution in [0.1, 0.15) is 40.2 Å². The SMILES string of the molecule is Cc1cc(C)n(Cc2cccc(C(=O)N3CCCC(N4CCNCC4=O)C3)c2)n1.Cl. The Morgan fingerprint density at radius 3 is 2.80 bits per heavy atom. The van der Waals surface area contributed by atoms with Crippen LogP contribution < -0.4 is 5.32 Å². The molecule has 1 atom stereocenters. The maximum Gasteiger partial charge on any atom is 0.253 e. The van der Waals surface area contributed by atoms with Crippen LogP contribution in [0, 0.1) is 13.8 Å². The highest BCUT2D eigenvalue weighted by molar-refractivity contribution is 5.94. The smallest absolute Gasteiger partial charge is 0.253 e. The molecule has 3 heterocycles. The van der Waals surface area contributed by atoms with Crippen LogP contribution in [0.5, 0.6) is 0 Å². The van der Waals surface area contributed by atoms with Crippen LogP contribution in [0.4, 0.5) is 0 Å². The van der Waals surface area contributed by atoms with Crippen LogP contribution in [0.15, 0.2) is 30.3 Å². The summed E-state index contributed by atoms with van der Waals surface area (Å²) in [6.45, 7) is 7.99. The normalized spacial score (nSPS) is 19.5. The van der Waals surface area contributed by atoms with Gasteiger partial charge in [0.05, 0.1) is 18.8 Å². The first-order valence-electron chi connectivity index (χ1n) is 10.4. The van der Waals surface area contributed by atoms with Crippen molar-refractivity contribution in [3.8, 4) is 0 Å². The second-order valence-corrected chi connectivity index (χ2v) is 8.10. The summed E-state index contributed by atoms with van der Waals surface area (Å²) in [6, 6.07) is 10.0. The molecule has 162 valence electrons. The molecule has 30 heavy (non-hydrogen) atoms. The third kappa shape index (κ3) is 4.84. The third-order valence-electron chi connectivity index (χ3n) is 5.86. The molecule has 2 saturated heterocycles. The topological polar surface area (TPSA) is 70.5 Å². The quantitative estimate of drug-likeness (QED) is 0.803. The highest BCUT2D eigenvalue weighted by Crippen LogP contribution is 2.20. The number of carbonyl (C=O) groups excluding carboxylic acids is 2. The van der Waals surface area contributed by atoms with Gasteiger partial charge < -0.3 is 15.1 Å². The average Bonchev–Trinajstić information content (AvgIpc) is 3.04. The van der Waals surface area contributed by atoms with Gasteiger partial charge in [-0.2, -0.15) is 5.10 Å². The molecular weight excluding hydrogens is 402 g/mol. The molecule has 7 nitrogen and oxygen atoms in total. The summed E-state index contributed by atoms with van der Waals surface area (Å²) in [7, 11) is 0. The summed E-state index contributed by atoms with van der Waals surface area (Å²) < 4.78 is 1.96. The van der Waals surface area contributed by atoms with E-state index in [2.05, 4.69) is 16.5 Å². The second-order valence-electron chi connectivity index (χ2n) is 8.10. The van der Waals surface area contributed by atoms with Crippen molar-refractivity contribution in [1.29, 1.82) is 0 Å². The number of aromatic nitrogens is 2. The van der Waals surface area contributed by atoms with E-state index in [1.165, 1.54) is 0 Å². The van der Waals surface area contributed by atoms with Crippen molar-refractivity contribution in [1.82, 2.24) is 24.9 Å². The molecule has 1 aromatic carbocycles. The first-order valence-corrected chi connectivity index (χ1v) is 10.4. The third-order valence-corrected chi connectivity index (χ3v) is 5.86. The summed E-state index contributed by atoms with van der Waals surface area (Å²) in [6.07, 6.45) is 1.90. The first kappa shape index (κ1) is 22.3. The number of piperidine rings is 1. The summed E-state index contributed by atoms with van der Waals surface area (Å²) in [5.41, 5.74) is 3.87. The van der Waals surface area contributed by atoms with Crippen LogP contribution in [0.25, 0.3) is 0 Å². The van der Waals surface area contributed by atoms with E-state index in [1.54, 1.807) is 0 Å². The Hall–Kier alpha value is -2.38. The van der Waals surface area contributed by atoms with Gasteiger partial charge in [0.15, 0.2) is 0 Å². The van der Waals surface area contributed by atoms with Crippen LogP contribution >= 0.6 is 12.4 Å². The molecule has 0 bridgehead atoms. The van der Waals surface area contributed by atoms with Crippen molar-refractivity contribution in [2.45, 2.75) is 39.3 Å². The Balaban J connectivity index is 0.00000256. The molecule has 2 aliphatic heterocycles. The van der Waals surface area contributed by atoms with Gasteiger partial charge in [-0.1, -0.05) is 12.1 Å². The molecule has 0 saturated carbocycles. The molecule has 4 rings (SSSR count). The number of hydrogen-bond acceptors (Lipinski definition) is 4. The minimum absolute atomic E-state index is 0. The Morgan fingerprint density at radius 1 is 1.23 bits per heavy atom. The molecule has 1 unspecified atom stereocenters. The molecule has 0 aliphatic carbocycles. The highest BCUT2D eigenvalue weighted by atomic mass is 35.5. The molecular formula is C22H30ClN5O2. The number of halogens is 1. The Bertz CT molecular complexity index is 913. The van der Waals surface area contributed by atoms with Crippen LogP contribution in [-0.2, 0) is 11.3 Å². The van der Waals surface area contributed by atoms with Crippen LogP contribution in [0.3, 0.4) is 0 Å². The number of benzene rings is 1. The number of rotatable bonds is 4. The lowest BCUT2D eigenvalue weighted by atomic mass is 10.0. The minimum Gasteiger partial charge on any atom is -0.337 e. The van der Waals surface area contributed by atoms with Crippen molar-refractivity contribution in [3.05, 3.63) is 52.8 Å². The van der Waals surface area contributed by atoms with Crippen molar-refractivity contribution in [2.75, 3.05) is 32.7 Å². The Morgan fingerprint density at radius 2 is 2.07 bits per heavy atom. The summed E-state index contributed by atoms with van der Waals surface area (Å²) in [5, 5.41) is 7.63. The zero-order chi connectivity index (χ0) is 20.4. The standard InChI is InChI=1S/C22H29N5O2.ClH/c1-16-11-17(2)27(24-16)14-18-5-3-6-19(12-18)22(29)25-9-4-7-20(15-25)26-10-8-23-13-21(26)28;/h3,5-6,11-12,20,23H,4,7-10,13-15H2,1-2H3;1H. The lowest BCUT2D eigenvalue weighted by Crippen LogP contribution is -2.57. The highest BCUT2D eigenvalue weighted by Gasteiger charge is 2.31. The van der Waals surface area contributed by atoms with Crippen molar-refractivity contribution < 1.29 is 9.59 Å². The lowest BCUT2D eigenvalue weighted by molar-refractivity contribution is -0.135. The minimum atomic E-state index is 0. The van der Waals surface area contributed by atoms with Gasteiger partial charge in [0.25, 0.3) is 5.91 Å². The predicted molar refractivity (Wildman–Crippen MR) is 118 cm³/mol. The van der Waals surface area contributed by atoms with E-state index in [1.807, 2.05) is 52.6 Å². The van der Waals surface area contributed by atoms with E-state index in [9.17, 15) is 9.59 Å². The monoisotopic (exact) mass is 431 g/mol. The summed E-state index contributed by atoms with van der Waals surface area (Å²) in [5.74, 6) is 0.190. The number of piperazine rings is 1. The molecule has 2 aromatic rings. The molecule has 2 fully saturated rings. The number of carbonyl (C=O) groups is 2. The number of likely N-dealkylation sites (tertiary alicyclic amines) is 1. The zero-order valence-corrected chi connectivity index (χ0v) is 18.5. The molecule has 0 spiro atoms. The van der Waals surface area contributed by atoms with Crippen molar-refractivity contribution >= 4 is 24.2 Å². The molecule has 2 aliphatic rings. The summed E-state index contributed by atoms with van der Waals surface area (Å²) >= 11 is 0. The number of aryl methyl sites for hydroxylation is 2. The van der Waals surface area contributed by atoms with Crippen molar-refractivity contribution in [2.24, 2.45) is 0 Å². The molecule has 0 radical (unpaired) electrons. The number of nitrogens with zero attached hydrogens (tertiary/aromatic N) is 4. The van der Waals surface area contributed by atoms with E-state index >= 15 is 0 Å². The number of nitrogens with one attached hydrogen (secondary N) is 1. The summed E-state index contributed by atoms with van der Waals surface area (Å²) in [4.78, 5) is 29.3. The molecule has 1 N–H and O–H groups in total. The van der Waals surface area contributed by atoms with E-state index in [0.717, 1.165) is 49.4 Å². The first-order chi connectivity index (χ1) is 14.0. The second kappa shape index (κ2) is 9.62. The largest absolute Gasteiger partial charge is 0.337 e. The zero-order valence-electron chi connectivity index (χ0n) is 17.6. The van der Waals surface area contributed by atoms with E-state index < -0.39 is 0 Å². The van der Waals surface area contributed by atoms with Gasteiger partial charge in [0.1, 0.15) is 0 Å². The fourth-order valence-corrected chi connectivity index (χ4v) is 4.39. The van der Waals surface area contributed by atoms with Gasteiger partial charge in [-0.15, -0.1) is 12.4 Å². The Labute approximate surface area is 183 Å². The van der Waals surface area contributed by atoms with Crippen molar-refractivity contribution in [3.63, 3.8) is 0 Å². The Kier molecular flexibility index (Phi) is 7.15. The van der Waals surface area contributed by atoms with Gasteiger partial charge in [0, 0.05) is 43.5 Å². The van der Waals surface area contributed by atoms with Gasteiger partial charge in [-0.25, -0.2) is 0 Å². The van der Waals surface area contributed by atoms with E-state index in [4.69, 9.17) is 0 Å².